The van der Waals surface area contributed by atoms with Crippen molar-refractivity contribution in [2.75, 3.05) is 6.61 Å². The first-order valence-electron chi connectivity index (χ1n) is 4.99. The lowest BCUT2D eigenvalue weighted by Gasteiger charge is -2.22. The molecule has 0 radical (unpaired) electrons. The van der Waals surface area contributed by atoms with Crippen molar-refractivity contribution in [1.82, 2.24) is 0 Å². The summed E-state index contributed by atoms with van der Waals surface area (Å²) < 4.78 is 26.9. The number of hydrogen-bond acceptors (Lipinski definition) is 2. The molecule has 1 rings (SSSR count). The van der Waals surface area contributed by atoms with E-state index in [4.69, 9.17) is 8.85 Å². The van der Waals surface area contributed by atoms with Crippen molar-refractivity contribution < 1.29 is 13.6 Å². The van der Waals surface area contributed by atoms with Crippen molar-refractivity contribution in [3.63, 3.8) is 0 Å². The van der Waals surface area contributed by atoms with E-state index in [1.54, 1.807) is 13.8 Å². The highest BCUT2D eigenvalue weighted by Crippen LogP contribution is 2.36. The van der Waals surface area contributed by atoms with Gasteiger partial charge in [-0.25, -0.2) is 0 Å². The maximum absolute atomic E-state index is 11.4. The van der Waals surface area contributed by atoms with Gasteiger partial charge >= 0.3 is 5.97 Å². The average molecular weight is 145 g/mol. The molecule has 1 aliphatic heterocycles. The van der Waals surface area contributed by atoms with E-state index in [0.29, 0.717) is 6.42 Å². The number of cyclic esters (lactones) is 1. The third kappa shape index (κ3) is 0.917. The number of carbonyl (C=O) groups is 1. The lowest BCUT2D eigenvalue weighted by molar-refractivity contribution is -0.147. The first kappa shape index (κ1) is 4.37. The lowest BCUT2D eigenvalue weighted by atomic mass is 9.78. The Balaban J connectivity index is 3.08. The second-order valence-corrected chi connectivity index (χ2v) is 3.01. The first-order valence-corrected chi connectivity index (χ1v) is 3.49. The Hall–Kier alpha value is -0.530. The molecule has 0 saturated carbocycles. The summed E-state index contributed by atoms with van der Waals surface area (Å²) in [7, 11) is 0. The topological polar surface area (TPSA) is 26.3 Å². The highest BCUT2D eigenvalue weighted by atomic mass is 16.5. The zero-order valence-corrected chi connectivity index (χ0v) is 6.31. The molecule has 2 heteroatoms. The smallest absolute Gasteiger partial charge is 0.312 e. The molecule has 0 N–H and O–H groups in total. The van der Waals surface area contributed by atoms with Crippen LogP contribution in [-0.4, -0.2) is 12.6 Å². The predicted octanol–water partition coefficient (Wildman–Crippen LogP) is 1.60. The SMILES string of the molecule is [2H]C([2H])([2H])C1(C(C)C)CCOC1=O. The fraction of sp³-hybridized carbons (Fsp3) is 0.875. The van der Waals surface area contributed by atoms with Gasteiger partial charge in [-0.15, -0.1) is 0 Å². The molecule has 0 aromatic heterocycles. The van der Waals surface area contributed by atoms with Gasteiger partial charge in [0.05, 0.1) is 12.0 Å². The Bertz CT molecular complexity index is 222. The van der Waals surface area contributed by atoms with Gasteiger partial charge < -0.3 is 4.74 Å². The van der Waals surface area contributed by atoms with Crippen molar-refractivity contribution >= 4 is 5.97 Å². The second-order valence-electron chi connectivity index (χ2n) is 3.01. The highest BCUT2D eigenvalue weighted by molar-refractivity contribution is 5.78. The van der Waals surface area contributed by atoms with Crippen LogP contribution in [-0.2, 0) is 9.53 Å². The molecule has 1 atom stereocenters. The van der Waals surface area contributed by atoms with Crippen molar-refractivity contribution in [2.24, 2.45) is 11.3 Å². The molecule has 1 saturated heterocycles. The number of ether oxygens (including phenoxy) is 1. The Morgan fingerprint density at radius 3 is 2.70 bits per heavy atom. The van der Waals surface area contributed by atoms with E-state index in [9.17, 15) is 4.79 Å². The largest absolute Gasteiger partial charge is 0.465 e. The summed E-state index contributed by atoms with van der Waals surface area (Å²) in [5.74, 6) is -0.780. The molecule has 0 amide bonds. The van der Waals surface area contributed by atoms with Crippen molar-refractivity contribution in [3.8, 4) is 0 Å². The molecule has 0 aliphatic carbocycles. The third-order valence-electron chi connectivity index (χ3n) is 2.08. The minimum atomic E-state index is -2.26. The highest BCUT2D eigenvalue weighted by Gasteiger charge is 2.42. The molecule has 0 aromatic rings. The molecule has 1 aliphatic rings. The maximum atomic E-state index is 11.4. The molecule has 0 spiro atoms. The van der Waals surface area contributed by atoms with E-state index in [0.717, 1.165) is 0 Å². The number of rotatable bonds is 1. The zero-order valence-electron chi connectivity index (χ0n) is 9.31. The fourth-order valence-electron chi connectivity index (χ4n) is 1.06. The molecule has 58 valence electrons. The number of hydrogen-bond donors (Lipinski definition) is 0. The van der Waals surface area contributed by atoms with E-state index in [1.807, 2.05) is 0 Å². The van der Waals surface area contributed by atoms with E-state index < -0.39 is 18.2 Å². The molecule has 10 heavy (non-hydrogen) atoms. The molecule has 1 unspecified atom stereocenters. The summed E-state index contributed by atoms with van der Waals surface area (Å²) in [6.45, 7) is 1.47. The summed E-state index contributed by atoms with van der Waals surface area (Å²) in [5.41, 5.74) is -1.27. The normalized spacial score (nSPS) is 38.7. The van der Waals surface area contributed by atoms with Gasteiger partial charge in [0.15, 0.2) is 0 Å². The third-order valence-corrected chi connectivity index (χ3v) is 2.08. The molecular weight excluding hydrogens is 128 g/mol. The summed E-state index contributed by atoms with van der Waals surface area (Å²) in [4.78, 5) is 11.4. The Morgan fingerprint density at radius 1 is 1.80 bits per heavy atom. The van der Waals surface area contributed by atoms with E-state index in [1.165, 1.54) is 0 Å². The van der Waals surface area contributed by atoms with Crippen LogP contribution >= 0.6 is 0 Å². The monoisotopic (exact) mass is 145 g/mol. The van der Waals surface area contributed by atoms with E-state index >= 15 is 0 Å². The van der Waals surface area contributed by atoms with Crippen LogP contribution in [0.15, 0.2) is 0 Å². The summed E-state index contributed by atoms with van der Waals surface area (Å²) in [6.07, 6.45) is 0.306. The van der Waals surface area contributed by atoms with Gasteiger partial charge in [-0.2, -0.15) is 0 Å². The Kier molecular flexibility index (Phi) is 0.986. The fourth-order valence-corrected chi connectivity index (χ4v) is 1.06. The van der Waals surface area contributed by atoms with Gasteiger partial charge in [-0.1, -0.05) is 13.8 Å². The van der Waals surface area contributed by atoms with Crippen LogP contribution in [0.3, 0.4) is 0 Å². The van der Waals surface area contributed by atoms with Crippen LogP contribution in [0.25, 0.3) is 0 Å². The number of carbonyl (C=O) groups excluding carboxylic acids is 1. The van der Waals surface area contributed by atoms with Crippen LogP contribution in [0.5, 0.6) is 0 Å². The second kappa shape index (κ2) is 2.26. The van der Waals surface area contributed by atoms with E-state index in [2.05, 4.69) is 0 Å². The molecule has 1 heterocycles. The zero-order chi connectivity index (χ0) is 10.3. The quantitative estimate of drug-likeness (QED) is 0.524. The van der Waals surface area contributed by atoms with Crippen molar-refractivity contribution in [2.45, 2.75) is 27.1 Å². The van der Waals surface area contributed by atoms with Crippen LogP contribution in [0.4, 0.5) is 0 Å². The Labute approximate surface area is 65.8 Å². The molecular formula is C8H14O2. The van der Waals surface area contributed by atoms with Gasteiger partial charge in [0.2, 0.25) is 0 Å². The molecule has 0 bridgehead atoms. The minimum absolute atomic E-state index is 0.213. The minimum Gasteiger partial charge on any atom is -0.465 e. The molecule has 0 aromatic carbocycles. The average Bonchev–Trinajstić information content (AvgIpc) is 2.29. The van der Waals surface area contributed by atoms with Crippen LogP contribution in [0, 0.1) is 11.3 Å². The van der Waals surface area contributed by atoms with Gasteiger partial charge in [0.25, 0.3) is 0 Å². The standard InChI is InChI=1S/C8H14O2/c1-6(2)8(3)4-5-10-7(8)9/h6H,4-5H2,1-3H3/i3D3. The van der Waals surface area contributed by atoms with Crippen molar-refractivity contribution in [3.05, 3.63) is 0 Å². The van der Waals surface area contributed by atoms with Gasteiger partial charge in [-0.05, 0) is 19.2 Å². The van der Waals surface area contributed by atoms with Crippen LogP contribution in [0.1, 0.15) is 31.2 Å². The molecule has 1 fully saturated rings. The summed E-state index contributed by atoms with van der Waals surface area (Å²) in [5, 5.41) is 0. The lowest BCUT2D eigenvalue weighted by Crippen LogP contribution is -2.28. The summed E-state index contributed by atoms with van der Waals surface area (Å²) >= 11 is 0. The first-order chi connectivity index (χ1) is 5.82. The van der Waals surface area contributed by atoms with Crippen LogP contribution < -0.4 is 0 Å². The van der Waals surface area contributed by atoms with E-state index in [-0.39, 0.29) is 12.5 Å². The van der Waals surface area contributed by atoms with Gasteiger partial charge in [-0.3, -0.25) is 4.79 Å². The maximum Gasteiger partial charge on any atom is 0.312 e. The van der Waals surface area contributed by atoms with Gasteiger partial charge in [0.1, 0.15) is 0 Å². The Morgan fingerprint density at radius 2 is 2.50 bits per heavy atom. The van der Waals surface area contributed by atoms with Crippen molar-refractivity contribution in [1.29, 1.82) is 0 Å². The predicted molar refractivity (Wildman–Crippen MR) is 38.5 cm³/mol. The molecule has 2 nitrogen and oxygen atoms in total. The van der Waals surface area contributed by atoms with Gasteiger partial charge in [0, 0.05) is 4.11 Å². The summed E-state index contributed by atoms with van der Waals surface area (Å²) in [6, 6.07) is 0. The van der Waals surface area contributed by atoms with Crippen LogP contribution in [0.2, 0.25) is 0 Å². The number of esters is 1.